The van der Waals surface area contributed by atoms with Gasteiger partial charge in [0.2, 0.25) is 15.9 Å². The van der Waals surface area contributed by atoms with E-state index in [9.17, 15) is 13.2 Å². The van der Waals surface area contributed by atoms with Gasteiger partial charge in [0, 0.05) is 32.8 Å². The second kappa shape index (κ2) is 8.09. The van der Waals surface area contributed by atoms with Crippen molar-refractivity contribution in [2.75, 3.05) is 39.4 Å². The molecule has 0 N–H and O–H groups in total. The third kappa shape index (κ3) is 4.34. The average Bonchev–Trinajstić information content (AvgIpc) is 2.59. The maximum atomic E-state index is 12.7. The van der Waals surface area contributed by atoms with Gasteiger partial charge in [-0.15, -0.1) is 0 Å². The maximum Gasteiger partial charge on any atom is 0.248 e. The molecule has 0 unspecified atom stereocenters. The highest BCUT2D eigenvalue weighted by molar-refractivity contribution is 7.89. The van der Waals surface area contributed by atoms with Crippen LogP contribution in [-0.2, 0) is 19.6 Å². The molecular formula is C17H26N2O4S. The lowest BCUT2D eigenvalue weighted by Gasteiger charge is -2.34. The fourth-order valence-electron chi connectivity index (χ4n) is 2.63. The number of amides is 1. The van der Waals surface area contributed by atoms with E-state index < -0.39 is 10.0 Å². The first-order chi connectivity index (χ1) is 11.4. The van der Waals surface area contributed by atoms with E-state index in [-0.39, 0.29) is 12.5 Å². The fourth-order valence-corrected chi connectivity index (χ4v) is 4.05. The summed E-state index contributed by atoms with van der Waals surface area (Å²) in [4.78, 5) is 13.9. The molecule has 7 heteroatoms. The van der Waals surface area contributed by atoms with Crippen LogP contribution >= 0.6 is 0 Å². The second-order valence-corrected chi connectivity index (χ2v) is 8.08. The van der Waals surface area contributed by atoms with Crippen molar-refractivity contribution in [1.82, 2.24) is 9.21 Å². The standard InChI is InChI=1S/C17H26N2O4S/c1-4-23-13-17(20)18-9-11-19(12-10-18)24(21,22)16-7-5-15(6-8-16)14(2)3/h5-8,14H,4,9-13H2,1-3H3. The predicted molar refractivity (Wildman–Crippen MR) is 92.4 cm³/mol. The first-order valence-electron chi connectivity index (χ1n) is 8.32. The molecule has 1 amide bonds. The molecule has 1 aliphatic heterocycles. The number of hydrogen-bond acceptors (Lipinski definition) is 4. The third-order valence-corrected chi connectivity index (χ3v) is 6.12. The molecular weight excluding hydrogens is 328 g/mol. The van der Waals surface area contributed by atoms with Gasteiger partial charge in [0.15, 0.2) is 0 Å². The Hall–Kier alpha value is -1.44. The third-order valence-electron chi connectivity index (χ3n) is 4.21. The van der Waals surface area contributed by atoms with Crippen molar-refractivity contribution in [3.8, 4) is 0 Å². The van der Waals surface area contributed by atoms with E-state index in [2.05, 4.69) is 13.8 Å². The highest BCUT2D eigenvalue weighted by Crippen LogP contribution is 2.21. The molecule has 0 saturated carbocycles. The Morgan fingerprint density at radius 3 is 2.21 bits per heavy atom. The van der Waals surface area contributed by atoms with Crippen molar-refractivity contribution in [3.05, 3.63) is 29.8 Å². The molecule has 0 bridgehead atoms. The highest BCUT2D eigenvalue weighted by Gasteiger charge is 2.30. The Labute approximate surface area is 144 Å². The number of carbonyl (C=O) groups excluding carboxylic acids is 1. The van der Waals surface area contributed by atoms with Crippen LogP contribution in [0.5, 0.6) is 0 Å². The molecule has 1 fully saturated rings. The number of nitrogens with zero attached hydrogens (tertiary/aromatic N) is 2. The summed E-state index contributed by atoms with van der Waals surface area (Å²) in [6, 6.07) is 7.05. The quantitative estimate of drug-likeness (QED) is 0.779. The number of hydrogen-bond donors (Lipinski definition) is 0. The van der Waals surface area contributed by atoms with E-state index >= 15 is 0 Å². The predicted octanol–water partition coefficient (Wildman–Crippen LogP) is 1.68. The number of carbonyl (C=O) groups is 1. The van der Waals surface area contributed by atoms with Gasteiger partial charge < -0.3 is 9.64 Å². The van der Waals surface area contributed by atoms with Crippen LogP contribution in [0.3, 0.4) is 0 Å². The SMILES string of the molecule is CCOCC(=O)N1CCN(S(=O)(=O)c2ccc(C(C)C)cc2)CC1. The molecule has 24 heavy (non-hydrogen) atoms. The van der Waals surface area contributed by atoms with Gasteiger partial charge in [-0.3, -0.25) is 4.79 Å². The van der Waals surface area contributed by atoms with Crippen molar-refractivity contribution in [3.63, 3.8) is 0 Å². The van der Waals surface area contributed by atoms with Crippen LogP contribution in [0.15, 0.2) is 29.2 Å². The molecule has 1 saturated heterocycles. The number of benzene rings is 1. The van der Waals surface area contributed by atoms with Crippen LogP contribution in [0, 0.1) is 0 Å². The minimum absolute atomic E-state index is 0.0555. The van der Waals surface area contributed by atoms with Crippen LogP contribution in [0.2, 0.25) is 0 Å². The summed E-state index contributed by atoms with van der Waals surface area (Å²) in [5, 5.41) is 0. The number of ether oxygens (including phenoxy) is 1. The molecule has 1 aliphatic rings. The van der Waals surface area contributed by atoms with Crippen LogP contribution in [0.4, 0.5) is 0 Å². The molecule has 0 spiro atoms. The zero-order valence-electron chi connectivity index (χ0n) is 14.6. The number of sulfonamides is 1. The molecule has 6 nitrogen and oxygen atoms in total. The Bertz CT molecular complexity index is 648. The minimum atomic E-state index is -3.51. The summed E-state index contributed by atoms with van der Waals surface area (Å²) in [7, 11) is -3.51. The molecule has 0 radical (unpaired) electrons. The fraction of sp³-hybridized carbons (Fsp3) is 0.588. The summed E-state index contributed by atoms with van der Waals surface area (Å²) in [5.74, 6) is 0.275. The van der Waals surface area contributed by atoms with Crippen molar-refractivity contribution < 1.29 is 17.9 Å². The van der Waals surface area contributed by atoms with Crippen molar-refractivity contribution >= 4 is 15.9 Å². The topological polar surface area (TPSA) is 66.9 Å². The van der Waals surface area contributed by atoms with E-state index in [1.807, 2.05) is 19.1 Å². The molecule has 1 heterocycles. The summed E-state index contributed by atoms with van der Waals surface area (Å²) in [6.45, 7) is 7.95. The summed E-state index contributed by atoms with van der Waals surface area (Å²) >= 11 is 0. The number of rotatable bonds is 6. The Balaban J connectivity index is 2.00. The Morgan fingerprint density at radius 2 is 1.71 bits per heavy atom. The zero-order valence-corrected chi connectivity index (χ0v) is 15.4. The van der Waals surface area contributed by atoms with Crippen LogP contribution in [-0.4, -0.2) is 62.9 Å². The van der Waals surface area contributed by atoms with E-state index in [1.165, 1.54) is 4.31 Å². The first-order valence-corrected chi connectivity index (χ1v) is 9.76. The Morgan fingerprint density at radius 1 is 1.12 bits per heavy atom. The van der Waals surface area contributed by atoms with Crippen LogP contribution in [0.25, 0.3) is 0 Å². The van der Waals surface area contributed by atoms with E-state index in [0.717, 1.165) is 5.56 Å². The van der Waals surface area contributed by atoms with Crippen molar-refractivity contribution in [1.29, 1.82) is 0 Å². The van der Waals surface area contributed by atoms with E-state index in [1.54, 1.807) is 17.0 Å². The van der Waals surface area contributed by atoms with Crippen LogP contribution in [0.1, 0.15) is 32.3 Å². The normalized spacial score (nSPS) is 16.6. The lowest BCUT2D eigenvalue weighted by molar-refractivity contribution is -0.137. The van der Waals surface area contributed by atoms with Gasteiger partial charge in [-0.05, 0) is 30.5 Å². The van der Waals surface area contributed by atoms with Crippen molar-refractivity contribution in [2.24, 2.45) is 0 Å². The Kier molecular flexibility index (Phi) is 6.37. The van der Waals surface area contributed by atoms with Crippen molar-refractivity contribution in [2.45, 2.75) is 31.6 Å². The first kappa shape index (κ1) is 18.9. The average molecular weight is 354 g/mol. The van der Waals surface area contributed by atoms with Gasteiger partial charge in [0.1, 0.15) is 6.61 Å². The smallest absolute Gasteiger partial charge is 0.248 e. The second-order valence-electron chi connectivity index (χ2n) is 6.15. The molecule has 0 aliphatic carbocycles. The largest absolute Gasteiger partial charge is 0.372 e. The van der Waals surface area contributed by atoms with Gasteiger partial charge in [-0.2, -0.15) is 4.31 Å². The van der Waals surface area contributed by atoms with Gasteiger partial charge >= 0.3 is 0 Å². The molecule has 0 atom stereocenters. The zero-order chi connectivity index (χ0) is 17.7. The molecule has 1 aromatic carbocycles. The molecule has 134 valence electrons. The van der Waals surface area contributed by atoms with Gasteiger partial charge in [-0.25, -0.2) is 8.42 Å². The van der Waals surface area contributed by atoms with Gasteiger partial charge in [0.05, 0.1) is 4.90 Å². The highest BCUT2D eigenvalue weighted by atomic mass is 32.2. The van der Waals surface area contributed by atoms with E-state index in [4.69, 9.17) is 4.74 Å². The minimum Gasteiger partial charge on any atom is -0.372 e. The number of piperazine rings is 1. The molecule has 0 aromatic heterocycles. The maximum absolute atomic E-state index is 12.7. The lowest BCUT2D eigenvalue weighted by Crippen LogP contribution is -2.51. The molecule has 2 rings (SSSR count). The van der Waals surface area contributed by atoms with Gasteiger partial charge in [0.25, 0.3) is 0 Å². The van der Waals surface area contributed by atoms with Crippen LogP contribution < -0.4 is 0 Å². The summed E-state index contributed by atoms with van der Waals surface area (Å²) in [5.41, 5.74) is 1.11. The summed E-state index contributed by atoms with van der Waals surface area (Å²) < 4.78 is 32.0. The van der Waals surface area contributed by atoms with Gasteiger partial charge in [-0.1, -0.05) is 26.0 Å². The lowest BCUT2D eigenvalue weighted by atomic mass is 10.0. The molecule has 1 aromatic rings. The van der Waals surface area contributed by atoms with E-state index in [0.29, 0.717) is 43.6 Å². The summed E-state index contributed by atoms with van der Waals surface area (Å²) in [6.07, 6.45) is 0. The monoisotopic (exact) mass is 354 g/mol.